The number of nitrogens with zero attached hydrogens (tertiary/aromatic N) is 5. The second-order valence-electron chi connectivity index (χ2n) is 12.1. The van der Waals surface area contributed by atoms with Crippen LogP contribution in [0.5, 0.6) is 0 Å². The number of fused-ring (bicyclic) bond motifs is 3. The monoisotopic (exact) mass is 639 g/mol. The van der Waals surface area contributed by atoms with Gasteiger partial charge in [-0.15, -0.1) is 0 Å². The average Bonchev–Trinajstić information content (AvgIpc) is 3.21. The van der Waals surface area contributed by atoms with Gasteiger partial charge >= 0.3 is 0 Å². The van der Waals surface area contributed by atoms with E-state index in [-0.39, 0.29) is 0 Å². The van der Waals surface area contributed by atoms with Gasteiger partial charge in [-0.3, -0.25) is 15.0 Å². The summed E-state index contributed by atoms with van der Waals surface area (Å²) in [5.41, 5.74) is 12.7. The van der Waals surface area contributed by atoms with Crippen LogP contribution in [0, 0.1) is 0 Å². The van der Waals surface area contributed by atoms with Gasteiger partial charge in [0.1, 0.15) is 0 Å². The van der Waals surface area contributed by atoms with E-state index >= 15 is 0 Å². The van der Waals surface area contributed by atoms with Gasteiger partial charge in [-0.1, -0.05) is 97.1 Å². The minimum absolute atomic E-state index is 0.807. The van der Waals surface area contributed by atoms with Gasteiger partial charge in [-0.05, 0) is 94.0 Å². The Kier molecular flexibility index (Phi) is 7.41. The quantitative estimate of drug-likeness (QED) is 0.169. The largest absolute Gasteiger partial charge is 0.255 e. The third-order valence-corrected chi connectivity index (χ3v) is 9.04. The summed E-state index contributed by atoms with van der Waals surface area (Å²) >= 11 is 0. The number of hydrogen-bond acceptors (Lipinski definition) is 5. The van der Waals surface area contributed by atoms with Crippen molar-refractivity contribution in [3.05, 3.63) is 176 Å². The zero-order valence-corrected chi connectivity index (χ0v) is 27.0. The lowest BCUT2D eigenvalue weighted by molar-refractivity contribution is 1.22. The van der Waals surface area contributed by atoms with E-state index in [0.717, 1.165) is 72.7 Å². The van der Waals surface area contributed by atoms with Gasteiger partial charge in [0, 0.05) is 34.7 Å². The molecule has 0 aliphatic heterocycles. The Labute approximate surface area is 289 Å². The molecule has 0 atom stereocenters. The Morgan fingerprint density at radius 2 is 0.900 bits per heavy atom. The lowest BCUT2D eigenvalue weighted by atomic mass is 9.92. The number of hydrogen-bond donors (Lipinski definition) is 0. The second-order valence-corrected chi connectivity index (χ2v) is 12.1. The SMILES string of the molecule is c1ccc(-c2cccc3c(-c4ccccn4)nc4ccc(-c5ccc(-c6cc(-c7ccccn7)nc(-c7ccccn7)c6)cc5)cc4c23)cc1. The summed E-state index contributed by atoms with van der Waals surface area (Å²) in [7, 11) is 0. The molecule has 0 amide bonds. The maximum atomic E-state index is 5.18. The summed E-state index contributed by atoms with van der Waals surface area (Å²) in [6.45, 7) is 0. The summed E-state index contributed by atoms with van der Waals surface area (Å²) in [6.07, 6.45) is 5.41. The van der Waals surface area contributed by atoms with Crippen molar-refractivity contribution in [3.8, 4) is 67.5 Å². The van der Waals surface area contributed by atoms with Crippen LogP contribution in [0.1, 0.15) is 0 Å². The fourth-order valence-electron chi connectivity index (χ4n) is 6.63. The maximum absolute atomic E-state index is 5.18. The van der Waals surface area contributed by atoms with Crippen LogP contribution < -0.4 is 0 Å². The van der Waals surface area contributed by atoms with Gasteiger partial charge in [0.2, 0.25) is 0 Å². The maximum Gasteiger partial charge on any atom is 0.0972 e. The number of aromatic nitrogens is 5. The minimum Gasteiger partial charge on any atom is -0.255 e. The summed E-state index contributed by atoms with van der Waals surface area (Å²) in [5.74, 6) is 0. The molecule has 50 heavy (non-hydrogen) atoms. The van der Waals surface area contributed by atoms with E-state index in [1.54, 1.807) is 12.4 Å². The molecule has 5 heteroatoms. The average molecular weight is 640 g/mol. The molecule has 5 heterocycles. The minimum atomic E-state index is 0.807. The van der Waals surface area contributed by atoms with Gasteiger partial charge in [-0.2, -0.15) is 0 Å². The smallest absolute Gasteiger partial charge is 0.0972 e. The van der Waals surface area contributed by atoms with Gasteiger partial charge < -0.3 is 0 Å². The molecule has 4 aromatic carbocycles. The highest BCUT2D eigenvalue weighted by Crippen LogP contribution is 2.40. The molecule has 0 aliphatic carbocycles. The lowest BCUT2D eigenvalue weighted by Crippen LogP contribution is -1.94. The van der Waals surface area contributed by atoms with Crippen molar-refractivity contribution in [2.45, 2.75) is 0 Å². The molecule has 0 bridgehead atoms. The van der Waals surface area contributed by atoms with Crippen LogP contribution in [0.15, 0.2) is 176 Å². The highest BCUT2D eigenvalue weighted by Gasteiger charge is 2.16. The molecule has 0 fully saturated rings. The topological polar surface area (TPSA) is 64.5 Å². The molecule has 5 nitrogen and oxygen atoms in total. The van der Waals surface area contributed by atoms with Crippen LogP contribution in [0.2, 0.25) is 0 Å². The van der Waals surface area contributed by atoms with E-state index in [0.29, 0.717) is 0 Å². The molecule has 0 saturated carbocycles. The predicted octanol–water partition coefficient (Wildman–Crippen LogP) is 11.0. The molecule has 0 spiro atoms. The van der Waals surface area contributed by atoms with Gasteiger partial charge in [0.05, 0.1) is 39.7 Å². The molecule has 0 N–H and O–H groups in total. The first-order valence-electron chi connectivity index (χ1n) is 16.6. The standard InChI is InChI=1S/C45H29N5/c1-2-11-32(12-3-1)35-13-10-14-36-44(35)37-27-33(22-23-38(37)50-45(36)41-17-6-9-26-48-41)30-18-20-31(21-19-30)34-28-42(39-15-4-7-24-46-39)49-43(29-34)40-16-5-8-25-47-40/h1-29H. The summed E-state index contributed by atoms with van der Waals surface area (Å²) in [5, 5.41) is 3.36. The molecule has 0 aliphatic rings. The van der Waals surface area contributed by atoms with Crippen LogP contribution in [0.3, 0.4) is 0 Å². The Balaban J connectivity index is 1.17. The number of benzene rings is 4. The first kappa shape index (κ1) is 29.3. The van der Waals surface area contributed by atoms with Crippen molar-refractivity contribution in [2.24, 2.45) is 0 Å². The van der Waals surface area contributed by atoms with Crippen molar-refractivity contribution in [1.82, 2.24) is 24.9 Å². The van der Waals surface area contributed by atoms with Crippen LogP contribution in [0.4, 0.5) is 0 Å². The number of pyridine rings is 5. The third kappa shape index (κ3) is 5.47. The Hall–Kier alpha value is -6.85. The fraction of sp³-hybridized carbons (Fsp3) is 0. The van der Waals surface area contributed by atoms with Crippen molar-refractivity contribution in [2.75, 3.05) is 0 Å². The van der Waals surface area contributed by atoms with Gasteiger partial charge in [0.15, 0.2) is 0 Å². The van der Waals surface area contributed by atoms with Crippen LogP contribution in [-0.2, 0) is 0 Å². The third-order valence-electron chi connectivity index (χ3n) is 9.04. The Bertz CT molecular complexity index is 2550. The van der Waals surface area contributed by atoms with E-state index < -0.39 is 0 Å². The van der Waals surface area contributed by atoms with E-state index in [2.05, 4.69) is 118 Å². The highest BCUT2D eigenvalue weighted by atomic mass is 14.8. The summed E-state index contributed by atoms with van der Waals surface area (Å²) < 4.78 is 0. The van der Waals surface area contributed by atoms with E-state index in [1.165, 1.54) is 16.5 Å². The molecule has 0 radical (unpaired) electrons. The van der Waals surface area contributed by atoms with Crippen molar-refractivity contribution in [1.29, 1.82) is 0 Å². The zero-order valence-electron chi connectivity index (χ0n) is 27.0. The van der Waals surface area contributed by atoms with E-state index in [9.17, 15) is 0 Å². The first-order chi connectivity index (χ1) is 24.8. The van der Waals surface area contributed by atoms with E-state index in [4.69, 9.17) is 9.97 Å². The fourth-order valence-corrected chi connectivity index (χ4v) is 6.63. The zero-order chi connectivity index (χ0) is 33.3. The molecule has 0 saturated heterocycles. The molecular weight excluding hydrogens is 611 g/mol. The number of rotatable bonds is 6. The highest BCUT2D eigenvalue weighted by molar-refractivity contribution is 6.17. The Morgan fingerprint density at radius 1 is 0.320 bits per heavy atom. The molecule has 9 rings (SSSR count). The van der Waals surface area contributed by atoms with Gasteiger partial charge in [0.25, 0.3) is 0 Å². The van der Waals surface area contributed by atoms with E-state index in [1.807, 2.05) is 60.8 Å². The molecule has 234 valence electrons. The summed E-state index contributed by atoms with van der Waals surface area (Å²) in [4.78, 5) is 24.0. The van der Waals surface area contributed by atoms with Crippen molar-refractivity contribution < 1.29 is 0 Å². The lowest BCUT2D eigenvalue weighted by Gasteiger charge is -2.15. The second kappa shape index (κ2) is 12.6. The summed E-state index contributed by atoms with van der Waals surface area (Å²) in [6, 6.07) is 54.3. The normalized spacial score (nSPS) is 11.2. The molecule has 5 aromatic heterocycles. The first-order valence-corrected chi connectivity index (χ1v) is 16.6. The van der Waals surface area contributed by atoms with Crippen LogP contribution in [0.25, 0.3) is 89.2 Å². The predicted molar refractivity (Wildman–Crippen MR) is 203 cm³/mol. The van der Waals surface area contributed by atoms with Crippen molar-refractivity contribution in [3.63, 3.8) is 0 Å². The van der Waals surface area contributed by atoms with Crippen LogP contribution >= 0.6 is 0 Å². The molecular formula is C45H29N5. The van der Waals surface area contributed by atoms with Gasteiger partial charge in [-0.25, -0.2) is 9.97 Å². The van der Waals surface area contributed by atoms with Crippen molar-refractivity contribution >= 4 is 21.7 Å². The Morgan fingerprint density at radius 3 is 1.52 bits per heavy atom. The molecule has 0 unspecified atom stereocenters. The molecule has 9 aromatic rings. The van der Waals surface area contributed by atoms with Crippen LogP contribution in [-0.4, -0.2) is 24.9 Å².